The summed E-state index contributed by atoms with van der Waals surface area (Å²) in [4.78, 5) is 5.62. The van der Waals surface area contributed by atoms with E-state index in [1.807, 2.05) is 0 Å². The van der Waals surface area contributed by atoms with Gasteiger partial charge in [-0.3, -0.25) is 0 Å². The lowest BCUT2D eigenvalue weighted by Gasteiger charge is -2.45. The highest BCUT2D eigenvalue weighted by atomic mass is 15.2. The quantitative estimate of drug-likeness (QED) is 0.475. The lowest BCUT2D eigenvalue weighted by molar-refractivity contribution is 0.0480. The minimum Gasteiger partial charge on any atom is -0.300 e. The molecule has 0 unspecified atom stereocenters. The number of rotatable bonds is 7. The van der Waals surface area contributed by atoms with Gasteiger partial charge in [-0.05, 0) is 109 Å². The van der Waals surface area contributed by atoms with Crippen molar-refractivity contribution in [3.63, 3.8) is 0 Å². The fraction of sp³-hybridized carbons (Fsp3) is 1.00. The zero-order valence-corrected chi connectivity index (χ0v) is 19.8. The van der Waals surface area contributed by atoms with Crippen LogP contribution in [0.15, 0.2) is 0 Å². The summed E-state index contributed by atoms with van der Waals surface area (Å²) in [5.74, 6) is 2.97. The summed E-state index contributed by atoms with van der Waals surface area (Å²) >= 11 is 0. The van der Waals surface area contributed by atoms with Crippen LogP contribution >= 0.6 is 0 Å². The minimum atomic E-state index is 0.853. The summed E-state index contributed by atoms with van der Waals surface area (Å²) in [5.41, 5.74) is 0. The van der Waals surface area contributed by atoms with Crippen LogP contribution in [0, 0.1) is 17.8 Å². The van der Waals surface area contributed by atoms with Gasteiger partial charge in [0.15, 0.2) is 0 Å². The zero-order valence-electron chi connectivity index (χ0n) is 19.8. The van der Waals surface area contributed by atoms with E-state index in [9.17, 15) is 0 Å². The van der Waals surface area contributed by atoms with Crippen molar-refractivity contribution in [2.45, 2.75) is 135 Å². The third-order valence-electron chi connectivity index (χ3n) is 9.41. The summed E-state index contributed by atoms with van der Waals surface area (Å²) in [5, 5.41) is 0. The van der Waals surface area contributed by atoms with E-state index in [2.05, 4.69) is 44.7 Å². The van der Waals surface area contributed by atoms with Crippen LogP contribution in [0.4, 0.5) is 0 Å². The van der Waals surface area contributed by atoms with Crippen molar-refractivity contribution >= 4 is 0 Å². The van der Waals surface area contributed by atoms with Crippen molar-refractivity contribution in [2.24, 2.45) is 17.8 Å². The van der Waals surface area contributed by atoms with Gasteiger partial charge in [0.1, 0.15) is 0 Å². The Morgan fingerprint density at radius 3 is 1.25 bits per heavy atom. The Labute approximate surface area is 176 Å². The van der Waals surface area contributed by atoms with E-state index in [4.69, 9.17) is 0 Å². The predicted octanol–water partition coefficient (Wildman–Crippen LogP) is 6.73. The lowest BCUT2D eigenvalue weighted by Crippen LogP contribution is -2.48. The Bertz CT molecular complexity index is 422. The molecule has 0 N–H and O–H groups in total. The molecule has 0 spiro atoms. The molecule has 0 atom stereocenters. The second-order valence-electron chi connectivity index (χ2n) is 10.9. The third kappa shape index (κ3) is 5.54. The first kappa shape index (κ1) is 22.6. The molecule has 0 saturated heterocycles. The van der Waals surface area contributed by atoms with Crippen LogP contribution in [-0.2, 0) is 0 Å². The molecule has 2 heteroatoms. The van der Waals surface area contributed by atoms with Crippen molar-refractivity contribution < 1.29 is 0 Å². The Morgan fingerprint density at radius 2 is 0.893 bits per heavy atom. The predicted molar refractivity (Wildman–Crippen MR) is 123 cm³/mol. The van der Waals surface area contributed by atoms with E-state index in [1.165, 1.54) is 89.9 Å². The molecule has 2 nitrogen and oxygen atoms in total. The molecular formula is C26H50N2. The highest BCUT2D eigenvalue weighted by molar-refractivity contribution is 4.90. The van der Waals surface area contributed by atoms with Crippen LogP contribution in [-0.4, -0.2) is 48.1 Å². The third-order valence-corrected chi connectivity index (χ3v) is 9.41. The smallest absolute Gasteiger partial charge is 0.00963 e. The van der Waals surface area contributed by atoms with E-state index in [0.29, 0.717) is 0 Å². The van der Waals surface area contributed by atoms with Gasteiger partial charge in [0.05, 0.1) is 0 Å². The zero-order chi connectivity index (χ0) is 20.1. The van der Waals surface area contributed by atoms with Crippen LogP contribution in [0.2, 0.25) is 0 Å². The van der Waals surface area contributed by atoms with Crippen molar-refractivity contribution in [2.75, 3.05) is 14.1 Å². The molecule has 0 amide bonds. The Hall–Kier alpha value is -0.0800. The maximum Gasteiger partial charge on any atom is 0.00963 e. The first-order valence-corrected chi connectivity index (χ1v) is 13.0. The van der Waals surface area contributed by atoms with Gasteiger partial charge in [-0.1, -0.05) is 33.6 Å². The van der Waals surface area contributed by atoms with Crippen LogP contribution in [0.25, 0.3) is 0 Å². The molecule has 0 heterocycles. The molecule has 3 aliphatic rings. The highest BCUT2D eigenvalue weighted by Crippen LogP contribution is 2.37. The molecule has 0 aromatic heterocycles. The van der Waals surface area contributed by atoms with Gasteiger partial charge in [-0.2, -0.15) is 0 Å². The van der Waals surface area contributed by atoms with Gasteiger partial charge >= 0.3 is 0 Å². The Morgan fingerprint density at radius 1 is 0.571 bits per heavy atom. The maximum absolute atomic E-state index is 2.82. The summed E-state index contributed by atoms with van der Waals surface area (Å²) < 4.78 is 0. The maximum atomic E-state index is 2.82. The summed E-state index contributed by atoms with van der Waals surface area (Å²) in [6, 6.07) is 3.44. The second kappa shape index (κ2) is 10.8. The molecule has 0 aromatic carbocycles. The molecule has 3 saturated carbocycles. The number of hydrogen-bond donors (Lipinski definition) is 0. The molecule has 3 rings (SSSR count). The van der Waals surface area contributed by atoms with Crippen LogP contribution in [0.1, 0.15) is 111 Å². The van der Waals surface area contributed by atoms with Crippen molar-refractivity contribution in [3.05, 3.63) is 0 Å². The Kier molecular flexibility index (Phi) is 8.72. The van der Waals surface area contributed by atoms with Gasteiger partial charge in [-0.15, -0.1) is 0 Å². The molecule has 3 aliphatic carbocycles. The van der Waals surface area contributed by atoms with Gasteiger partial charge in [0.2, 0.25) is 0 Å². The minimum absolute atomic E-state index is 0.853. The van der Waals surface area contributed by atoms with Crippen LogP contribution < -0.4 is 0 Å². The average Bonchev–Trinajstić information content (AvgIpc) is 2.75. The largest absolute Gasteiger partial charge is 0.300 e. The van der Waals surface area contributed by atoms with Crippen molar-refractivity contribution in [1.29, 1.82) is 0 Å². The SMILES string of the molecule is CCC(CC)C1CCC(N(C)C2CCC(N(C)C3CCC(C)CC3)CC2)CC1. The molecule has 28 heavy (non-hydrogen) atoms. The standard InChI is InChI=1S/C26H50N2/c1-6-21(7-2)22-10-14-24(15-11-22)28(5)26-18-16-25(17-19-26)27(4)23-12-8-20(3)9-13-23/h20-26H,6-19H2,1-5H3. The monoisotopic (exact) mass is 390 g/mol. The van der Waals surface area contributed by atoms with Gasteiger partial charge < -0.3 is 9.80 Å². The molecule has 0 aromatic rings. The normalized spacial score (nSPS) is 37.7. The van der Waals surface area contributed by atoms with Gasteiger partial charge in [-0.25, -0.2) is 0 Å². The highest BCUT2D eigenvalue weighted by Gasteiger charge is 2.34. The summed E-state index contributed by atoms with van der Waals surface area (Å²) in [6.45, 7) is 7.24. The fourth-order valence-electron chi connectivity index (χ4n) is 7.05. The van der Waals surface area contributed by atoms with E-state index in [0.717, 1.165) is 41.9 Å². The van der Waals surface area contributed by atoms with E-state index in [1.54, 1.807) is 0 Å². The molecular weight excluding hydrogens is 340 g/mol. The van der Waals surface area contributed by atoms with Crippen LogP contribution in [0.5, 0.6) is 0 Å². The molecule has 3 fully saturated rings. The van der Waals surface area contributed by atoms with Gasteiger partial charge in [0.25, 0.3) is 0 Å². The molecule has 0 bridgehead atoms. The summed E-state index contributed by atoms with van der Waals surface area (Å²) in [7, 11) is 4.90. The fourth-order valence-corrected chi connectivity index (χ4v) is 7.05. The second-order valence-corrected chi connectivity index (χ2v) is 10.9. The number of nitrogens with zero attached hydrogens (tertiary/aromatic N) is 2. The molecule has 0 radical (unpaired) electrons. The van der Waals surface area contributed by atoms with Crippen molar-refractivity contribution in [1.82, 2.24) is 9.80 Å². The first-order chi connectivity index (χ1) is 13.5. The lowest BCUT2D eigenvalue weighted by atomic mass is 9.75. The van der Waals surface area contributed by atoms with Crippen molar-refractivity contribution in [3.8, 4) is 0 Å². The van der Waals surface area contributed by atoms with Gasteiger partial charge in [0, 0.05) is 24.2 Å². The molecule has 164 valence electrons. The molecule has 0 aliphatic heterocycles. The average molecular weight is 391 g/mol. The number of hydrogen-bond acceptors (Lipinski definition) is 2. The van der Waals surface area contributed by atoms with Crippen LogP contribution in [0.3, 0.4) is 0 Å². The van der Waals surface area contributed by atoms with E-state index < -0.39 is 0 Å². The van der Waals surface area contributed by atoms with E-state index >= 15 is 0 Å². The first-order valence-electron chi connectivity index (χ1n) is 13.0. The van der Waals surface area contributed by atoms with E-state index in [-0.39, 0.29) is 0 Å². The Balaban J connectivity index is 1.41. The topological polar surface area (TPSA) is 6.48 Å². The summed E-state index contributed by atoms with van der Waals surface area (Å²) in [6.07, 6.45) is 20.2.